The number of hydrogen-bond acceptors (Lipinski definition) is 3. The van der Waals surface area contributed by atoms with Crippen LogP contribution in [0.3, 0.4) is 0 Å². The summed E-state index contributed by atoms with van der Waals surface area (Å²) in [6.07, 6.45) is 0. The highest BCUT2D eigenvalue weighted by Crippen LogP contribution is 2.14. The van der Waals surface area contributed by atoms with Gasteiger partial charge in [0.25, 0.3) is 0 Å². The fourth-order valence-electron chi connectivity index (χ4n) is 2.79. The molecule has 102 valence electrons. The molecule has 0 saturated carbocycles. The van der Waals surface area contributed by atoms with Crippen LogP contribution in [0.5, 0.6) is 0 Å². The highest BCUT2D eigenvalue weighted by molar-refractivity contribution is 5.82. The molecule has 2 aliphatic rings. The minimum Gasteiger partial charge on any atom is -0.449 e. The summed E-state index contributed by atoms with van der Waals surface area (Å²) in [7, 11) is 1.77. The Hall–Kier alpha value is -2.88. The monoisotopic (exact) mass is 277 g/mol. The van der Waals surface area contributed by atoms with Crippen LogP contribution in [-0.4, -0.2) is 4.57 Å². The molecule has 0 bridgehead atoms. The normalized spacial score (nSPS) is 11.5. The second-order valence-electron chi connectivity index (χ2n) is 5.01. The molecule has 0 atom stereocenters. The number of nitrogens with zero attached hydrogens (tertiary/aromatic N) is 1. The highest BCUT2D eigenvalue weighted by atomic mass is 16.3. The van der Waals surface area contributed by atoms with Crippen LogP contribution in [-0.2, 0) is 7.05 Å². The van der Waals surface area contributed by atoms with Crippen LogP contribution in [0.25, 0.3) is 21.9 Å². The third-order valence-corrected chi connectivity index (χ3v) is 3.83. The summed E-state index contributed by atoms with van der Waals surface area (Å²) in [5.74, 6) is 0. The molecular formula is C17H11NO3. The Bertz CT molecular complexity index is 1180. The molecule has 0 fully saturated rings. The van der Waals surface area contributed by atoms with Crippen molar-refractivity contribution in [3.63, 3.8) is 0 Å². The van der Waals surface area contributed by atoms with Crippen LogP contribution in [0.2, 0.25) is 0 Å². The summed E-state index contributed by atoms with van der Waals surface area (Å²) in [6, 6.07) is 14.2. The van der Waals surface area contributed by atoms with E-state index in [1.807, 2.05) is 18.2 Å². The second kappa shape index (κ2) is 4.06. The van der Waals surface area contributed by atoms with E-state index in [-0.39, 0.29) is 16.3 Å². The van der Waals surface area contributed by atoms with Crippen molar-refractivity contribution < 1.29 is 4.42 Å². The molecule has 4 nitrogen and oxygen atoms in total. The van der Waals surface area contributed by atoms with E-state index in [1.54, 1.807) is 41.9 Å². The van der Waals surface area contributed by atoms with Crippen LogP contribution in [0.15, 0.2) is 62.5 Å². The van der Waals surface area contributed by atoms with E-state index in [0.29, 0.717) is 21.7 Å². The van der Waals surface area contributed by atoms with Crippen molar-refractivity contribution in [2.24, 2.45) is 7.05 Å². The van der Waals surface area contributed by atoms with Crippen molar-refractivity contribution in [3.8, 4) is 0 Å². The molecule has 0 unspecified atom stereocenters. The molecule has 2 aromatic rings. The van der Waals surface area contributed by atoms with Crippen LogP contribution < -0.4 is 10.9 Å². The number of aryl methyl sites for hydroxylation is 1. The largest absolute Gasteiger partial charge is 0.449 e. The predicted octanol–water partition coefficient (Wildman–Crippen LogP) is 2.37. The molecule has 0 N–H and O–H groups in total. The maximum absolute atomic E-state index is 12.7. The van der Waals surface area contributed by atoms with Gasteiger partial charge in [-0.2, -0.15) is 0 Å². The number of aromatic nitrogens is 1. The third kappa shape index (κ3) is 1.50. The van der Waals surface area contributed by atoms with Crippen LogP contribution in [0.4, 0.5) is 0 Å². The van der Waals surface area contributed by atoms with Gasteiger partial charge in [-0.05, 0) is 12.1 Å². The maximum Gasteiger partial charge on any atom is 0.231 e. The van der Waals surface area contributed by atoms with E-state index < -0.39 is 0 Å². The smallest absolute Gasteiger partial charge is 0.231 e. The van der Waals surface area contributed by atoms with E-state index >= 15 is 0 Å². The number of hydrogen-bond donors (Lipinski definition) is 0. The molecule has 4 heteroatoms. The Kier molecular flexibility index (Phi) is 2.30. The Morgan fingerprint density at radius 2 is 1.48 bits per heavy atom. The summed E-state index contributed by atoms with van der Waals surface area (Å²) in [6.45, 7) is 0. The molecule has 0 radical (unpaired) electrons. The van der Waals surface area contributed by atoms with Crippen LogP contribution in [0.1, 0.15) is 0 Å². The number of rotatable bonds is 0. The maximum atomic E-state index is 12.7. The first-order chi connectivity index (χ1) is 10.2. The molecule has 0 spiro atoms. The Labute approximate surface area is 118 Å². The molecule has 2 aromatic carbocycles. The Morgan fingerprint density at radius 1 is 0.857 bits per heavy atom. The fraction of sp³-hybridized carbons (Fsp3) is 0.0588. The van der Waals surface area contributed by atoms with Crippen molar-refractivity contribution in [1.29, 1.82) is 0 Å². The first-order valence-electron chi connectivity index (χ1n) is 6.62. The quantitative estimate of drug-likeness (QED) is 0.496. The lowest BCUT2D eigenvalue weighted by Gasteiger charge is -2.07. The molecule has 1 aliphatic heterocycles. The zero-order chi connectivity index (χ0) is 14.6. The molecule has 1 heterocycles. The SMILES string of the molecule is Cn1c2c(=O)c3ccccc3c(=O)c=2oc2ccccc21. The van der Waals surface area contributed by atoms with E-state index in [0.717, 1.165) is 5.52 Å². The van der Waals surface area contributed by atoms with Crippen molar-refractivity contribution in [2.75, 3.05) is 0 Å². The Morgan fingerprint density at radius 3 is 2.24 bits per heavy atom. The molecule has 1 aliphatic carbocycles. The number of para-hydroxylation sites is 2. The van der Waals surface area contributed by atoms with Gasteiger partial charge in [0.2, 0.25) is 16.3 Å². The lowest BCUT2D eigenvalue weighted by molar-refractivity contribution is 0.545. The van der Waals surface area contributed by atoms with Crippen molar-refractivity contribution in [2.45, 2.75) is 0 Å². The number of benzene rings is 2. The van der Waals surface area contributed by atoms with Gasteiger partial charge in [0, 0.05) is 17.8 Å². The van der Waals surface area contributed by atoms with Crippen molar-refractivity contribution in [1.82, 2.24) is 4.57 Å². The van der Waals surface area contributed by atoms with E-state index in [1.165, 1.54) is 0 Å². The van der Waals surface area contributed by atoms with Gasteiger partial charge in [-0.1, -0.05) is 36.4 Å². The van der Waals surface area contributed by atoms with Gasteiger partial charge < -0.3 is 8.98 Å². The summed E-state index contributed by atoms with van der Waals surface area (Å²) < 4.78 is 7.44. The lowest BCUT2D eigenvalue weighted by Crippen LogP contribution is -2.19. The van der Waals surface area contributed by atoms with E-state index in [2.05, 4.69) is 0 Å². The highest BCUT2D eigenvalue weighted by Gasteiger charge is 2.12. The minimum absolute atomic E-state index is 0.111. The van der Waals surface area contributed by atoms with Gasteiger partial charge in [-0.3, -0.25) is 9.59 Å². The van der Waals surface area contributed by atoms with Crippen LogP contribution in [0, 0.1) is 10.8 Å². The average Bonchev–Trinajstić information content (AvgIpc) is 2.52. The van der Waals surface area contributed by atoms with Crippen LogP contribution >= 0.6 is 0 Å². The molecule has 4 rings (SSSR count). The topological polar surface area (TPSA) is 52.2 Å². The van der Waals surface area contributed by atoms with Gasteiger partial charge >= 0.3 is 0 Å². The molecule has 0 amide bonds. The first-order valence-corrected chi connectivity index (χ1v) is 6.62. The zero-order valence-corrected chi connectivity index (χ0v) is 11.3. The minimum atomic E-state index is -0.249. The fourth-order valence-corrected chi connectivity index (χ4v) is 2.79. The summed E-state index contributed by atoms with van der Waals surface area (Å²) >= 11 is 0. The first kappa shape index (κ1) is 11.9. The van der Waals surface area contributed by atoms with Gasteiger partial charge in [0.15, 0.2) is 5.58 Å². The zero-order valence-electron chi connectivity index (χ0n) is 11.3. The molecule has 21 heavy (non-hydrogen) atoms. The summed E-state index contributed by atoms with van der Waals surface area (Å²) in [5.41, 5.74) is 1.04. The molecule has 0 saturated heterocycles. The summed E-state index contributed by atoms with van der Waals surface area (Å²) in [5, 5.41) is 1.13. The standard InChI is InChI=1S/C17H11NO3/c1-18-12-8-4-5-9-13(12)21-17-14(18)15(19)10-6-2-3-7-11(10)16(17)20/h2-9H,1H3. The average molecular weight is 277 g/mol. The van der Waals surface area contributed by atoms with Gasteiger partial charge in [0.05, 0.1) is 5.52 Å². The van der Waals surface area contributed by atoms with Gasteiger partial charge in [-0.25, -0.2) is 0 Å². The second-order valence-corrected chi connectivity index (χ2v) is 5.01. The molecule has 0 aromatic heterocycles. The number of fused-ring (bicyclic) bond motifs is 2. The van der Waals surface area contributed by atoms with E-state index in [4.69, 9.17) is 4.42 Å². The lowest BCUT2D eigenvalue weighted by atomic mass is 10.1. The summed E-state index contributed by atoms with van der Waals surface area (Å²) in [4.78, 5) is 25.3. The van der Waals surface area contributed by atoms with Gasteiger partial charge in [-0.15, -0.1) is 0 Å². The van der Waals surface area contributed by atoms with Gasteiger partial charge in [0.1, 0.15) is 5.35 Å². The predicted molar refractivity (Wildman–Crippen MR) is 80.5 cm³/mol. The third-order valence-electron chi connectivity index (χ3n) is 3.83. The Balaban J connectivity index is 2.50. The van der Waals surface area contributed by atoms with E-state index in [9.17, 15) is 9.59 Å². The van der Waals surface area contributed by atoms with Crippen molar-refractivity contribution >= 4 is 21.9 Å². The molecular weight excluding hydrogens is 266 g/mol. The van der Waals surface area contributed by atoms with Crippen molar-refractivity contribution in [3.05, 3.63) is 79.7 Å².